The fourth-order valence-electron chi connectivity index (χ4n) is 1.32. The molecule has 0 bridgehead atoms. The molecular formula is C10H17BrO4. The largest absolute Gasteiger partial charge is 0.460 e. The zero-order valence-electron chi connectivity index (χ0n) is 9.34. The predicted octanol–water partition coefficient (Wildman–Crippen LogP) is 1.86. The van der Waals surface area contributed by atoms with Gasteiger partial charge < -0.3 is 14.2 Å². The minimum absolute atomic E-state index is 0.121. The van der Waals surface area contributed by atoms with E-state index in [1.165, 1.54) is 0 Å². The van der Waals surface area contributed by atoms with Gasteiger partial charge in [-0.25, -0.2) is 0 Å². The monoisotopic (exact) mass is 280 g/mol. The standard InChI is InChI=1S/C10H17BrO4/c1-9(2,3)15-8(12)6-10(7-11)13-4-5-14-10/h4-7H2,1-3H3. The summed E-state index contributed by atoms with van der Waals surface area (Å²) >= 11 is 3.28. The van der Waals surface area contributed by atoms with Crippen molar-refractivity contribution in [1.82, 2.24) is 0 Å². The van der Waals surface area contributed by atoms with Crippen LogP contribution >= 0.6 is 15.9 Å². The van der Waals surface area contributed by atoms with Crippen molar-refractivity contribution in [3.63, 3.8) is 0 Å². The lowest BCUT2D eigenvalue weighted by molar-refractivity contribution is -0.180. The van der Waals surface area contributed by atoms with Crippen molar-refractivity contribution in [3.8, 4) is 0 Å². The van der Waals surface area contributed by atoms with Crippen LogP contribution in [0.4, 0.5) is 0 Å². The molecule has 0 aromatic rings. The number of alkyl halides is 1. The summed E-state index contributed by atoms with van der Waals surface area (Å²) in [5, 5.41) is 0.471. The fourth-order valence-corrected chi connectivity index (χ4v) is 1.84. The molecule has 88 valence electrons. The highest BCUT2D eigenvalue weighted by molar-refractivity contribution is 9.09. The molecule has 0 N–H and O–H groups in total. The lowest BCUT2D eigenvalue weighted by atomic mass is 10.2. The third-order valence-corrected chi connectivity index (χ3v) is 2.71. The maximum absolute atomic E-state index is 11.6. The van der Waals surface area contributed by atoms with Crippen LogP contribution in [0.3, 0.4) is 0 Å². The third kappa shape index (κ3) is 4.09. The smallest absolute Gasteiger partial charge is 0.311 e. The van der Waals surface area contributed by atoms with E-state index in [-0.39, 0.29) is 12.4 Å². The zero-order chi connectivity index (χ0) is 11.5. The number of ether oxygens (including phenoxy) is 3. The molecule has 0 spiro atoms. The number of esters is 1. The summed E-state index contributed by atoms with van der Waals surface area (Å²) in [6, 6.07) is 0. The maximum Gasteiger partial charge on any atom is 0.311 e. The summed E-state index contributed by atoms with van der Waals surface area (Å²) < 4.78 is 16.0. The molecule has 15 heavy (non-hydrogen) atoms. The Kier molecular flexibility index (Phi) is 4.14. The van der Waals surface area contributed by atoms with Gasteiger partial charge in [-0.3, -0.25) is 4.79 Å². The Morgan fingerprint density at radius 2 is 1.93 bits per heavy atom. The van der Waals surface area contributed by atoms with Crippen molar-refractivity contribution in [3.05, 3.63) is 0 Å². The second-order valence-corrected chi connectivity index (χ2v) is 5.07. The summed E-state index contributed by atoms with van der Waals surface area (Å²) in [6.07, 6.45) is 0.121. The molecule has 0 aromatic heterocycles. The summed E-state index contributed by atoms with van der Waals surface area (Å²) in [6.45, 7) is 6.55. The Balaban J connectivity index is 2.49. The van der Waals surface area contributed by atoms with E-state index in [2.05, 4.69) is 15.9 Å². The SMILES string of the molecule is CC(C)(C)OC(=O)CC1(CBr)OCCO1. The number of rotatable bonds is 3. The molecule has 4 nitrogen and oxygen atoms in total. The van der Waals surface area contributed by atoms with E-state index in [4.69, 9.17) is 14.2 Å². The van der Waals surface area contributed by atoms with Crippen molar-refractivity contribution in [2.45, 2.75) is 38.6 Å². The van der Waals surface area contributed by atoms with Gasteiger partial charge in [-0.2, -0.15) is 0 Å². The van der Waals surface area contributed by atoms with Gasteiger partial charge in [0.05, 0.1) is 18.5 Å². The number of hydrogen-bond donors (Lipinski definition) is 0. The summed E-state index contributed by atoms with van der Waals surface area (Å²) in [7, 11) is 0. The first-order valence-corrected chi connectivity index (χ1v) is 6.05. The van der Waals surface area contributed by atoms with E-state index in [1.807, 2.05) is 20.8 Å². The molecule has 0 radical (unpaired) electrons. The molecule has 5 heteroatoms. The molecule has 0 amide bonds. The van der Waals surface area contributed by atoms with Gasteiger partial charge in [0.25, 0.3) is 0 Å². The Hall–Kier alpha value is -0.130. The number of hydrogen-bond acceptors (Lipinski definition) is 4. The first-order chi connectivity index (χ1) is 6.87. The lowest BCUT2D eigenvalue weighted by Crippen LogP contribution is -2.37. The lowest BCUT2D eigenvalue weighted by Gasteiger charge is -2.26. The van der Waals surface area contributed by atoms with Crippen LogP contribution in [0.2, 0.25) is 0 Å². The van der Waals surface area contributed by atoms with Crippen molar-refractivity contribution < 1.29 is 19.0 Å². The minimum atomic E-state index is -0.831. The molecular weight excluding hydrogens is 264 g/mol. The van der Waals surface area contributed by atoms with Crippen molar-refractivity contribution in [2.75, 3.05) is 18.5 Å². The van der Waals surface area contributed by atoms with E-state index < -0.39 is 11.4 Å². The molecule has 1 aliphatic rings. The van der Waals surface area contributed by atoms with Gasteiger partial charge in [-0.15, -0.1) is 0 Å². The summed E-state index contributed by atoms with van der Waals surface area (Å²) in [4.78, 5) is 11.6. The molecule has 1 heterocycles. The predicted molar refractivity (Wildman–Crippen MR) is 58.9 cm³/mol. The normalized spacial score (nSPS) is 20.3. The molecule has 0 saturated carbocycles. The fraction of sp³-hybridized carbons (Fsp3) is 0.900. The van der Waals surface area contributed by atoms with Gasteiger partial charge in [0.15, 0.2) is 5.79 Å². The molecule has 1 saturated heterocycles. The van der Waals surface area contributed by atoms with Crippen molar-refractivity contribution >= 4 is 21.9 Å². The molecule has 1 rings (SSSR count). The van der Waals surface area contributed by atoms with E-state index in [9.17, 15) is 4.79 Å². The highest BCUT2D eigenvalue weighted by Crippen LogP contribution is 2.27. The molecule has 0 aliphatic carbocycles. The van der Waals surface area contributed by atoms with Crippen molar-refractivity contribution in [1.29, 1.82) is 0 Å². The van der Waals surface area contributed by atoms with Gasteiger partial charge in [0.1, 0.15) is 12.0 Å². The van der Waals surface area contributed by atoms with Crippen LogP contribution < -0.4 is 0 Å². The van der Waals surface area contributed by atoms with E-state index in [0.717, 1.165) is 0 Å². The van der Waals surface area contributed by atoms with E-state index >= 15 is 0 Å². The Morgan fingerprint density at radius 1 is 1.40 bits per heavy atom. The Labute approximate surface area is 98.4 Å². The van der Waals surface area contributed by atoms with Crippen LogP contribution in [0.25, 0.3) is 0 Å². The molecule has 0 atom stereocenters. The molecule has 0 unspecified atom stereocenters. The minimum Gasteiger partial charge on any atom is -0.460 e. The van der Waals surface area contributed by atoms with Crippen LogP contribution in [0.15, 0.2) is 0 Å². The van der Waals surface area contributed by atoms with Crippen LogP contribution in [0, 0.1) is 0 Å². The van der Waals surface area contributed by atoms with Gasteiger partial charge >= 0.3 is 5.97 Å². The first kappa shape index (κ1) is 12.9. The number of carbonyl (C=O) groups is 1. The van der Waals surface area contributed by atoms with Gasteiger partial charge in [-0.05, 0) is 20.8 Å². The topological polar surface area (TPSA) is 44.8 Å². The summed E-state index contributed by atoms with van der Waals surface area (Å²) in [5.74, 6) is -1.13. The van der Waals surface area contributed by atoms with Crippen LogP contribution in [0.1, 0.15) is 27.2 Å². The van der Waals surface area contributed by atoms with Gasteiger partial charge in [-0.1, -0.05) is 15.9 Å². The number of halogens is 1. The third-order valence-electron chi connectivity index (χ3n) is 1.85. The molecule has 1 fully saturated rings. The second-order valence-electron chi connectivity index (χ2n) is 4.50. The first-order valence-electron chi connectivity index (χ1n) is 4.93. The highest BCUT2D eigenvalue weighted by atomic mass is 79.9. The van der Waals surface area contributed by atoms with Crippen LogP contribution in [-0.4, -0.2) is 35.9 Å². The van der Waals surface area contributed by atoms with E-state index in [1.54, 1.807) is 0 Å². The van der Waals surface area contributed by atoms with Gasteiger partial charge in [0.2, 0.25) is 0 Å². The van der Waals surface area contributed by atoms with Gasteiger partial charge in [0, 0.05) is 0 Å². The number of carbonyl (C=O) groups excluding carboxylic acids is 1. The quantitative estimate of drug-likeness (QED) is 0.585. The van der Waals surface area contributed by atoms with Crippen LogP contribution in [-0.2, 0) is 19.0 Å². The average molecular weight is 281 g/mol. The summed E-state index contributed by atoms with van der Waals surface area (Å²) in [5.41, 5.74) is -0.469. The van der Waals surface area contributed by atoms with Crippen molar-refractivity contribution in [2.24, 2.45) is 0 Å². The maximum atomic E-state index is 11.6. The average Bonchev–Trinajstić information content (AvgIpc) is 2.50. The highest BCUT2D eigenvalue weighted by Gasteiger charge is 2.39. The molecule has 1 aliphatic heterocycles. The second kappa shape index (κ2) is 4.80. The molecule has 0 aromatic carbocycles. The Morgan fingerprint density at radius 3 is 2.33 bits per heavy atom. The zero-order valence-corrected chi connectivity index (χ0v) is 10.9. The Bertz CT molecular complexity index is 228. The van der Waals surface area contributed by atoms with E-state index in [0.29, 0.717) is 18.5 Å². The van der Waals surface area contributed by atoms with Crippen LogP contribution in [0.5, 0.6) is 0 Å².